The van der Waals surface area contributed by atoms with E-state index in [4.69, 9.17) is 14.2 Å². The number of rotatable bonds is 7. The lowest BCUT2D eigenvalue weighted by Gasteiger charge is -2.08. The topological polar surface area (TPSA) is 134 Å². The maximum absolute atomic E-state index is 14.6. The van der Waals surface area contributed by atoms with E-state index >= 15 is 0 Å². The van der Waals surface area contributed by atoms with Crippen molar-refractivity contribution in [2.75, 3.05) is 25.6 Å². The molecule has 13 heteroatoms. The predicted molar refractivity (Wildman–Crippen MR) is 130 cm³/mol. The minimum Gasteiger partial charge on any atom is -0.480 e. The van der Waals surface area contributed by atoms with Crippen LogP contribution in [0.3, 0.4) is 0 Å². The summed E-state index contributed by atoms with van der Waals surface area (Å²) < 4.78 is 30.2. The molecule has 5 aromatic rings. The van der Waals surface area contributed by atoms with E-state index in [2.05, 4.69) is 35.5 Å². The number of hydrogen-bond acceptors (Lipinski definition) is 11. The molecular formula is C23H18FN7O4S. The first-order chi connectivity index (χ1) is 17.5. The molecule has 0 atom stereocenters. The van der Waals surface area contributed by atoms with Gasteiger partial charge in [-0.2, -0.15) is 15.2 Å². The van der Waals surface area contributed by atoms with Crippen LogP contribution in [-0.4, -0.2) is 56.6 Å². The number of amides is 1. The predicted octanol–water partition coefficient (Wildman–Crippen LogP) is 4.18. The SMILES string of the molecule is COc1cnc2c(-c3nc4cc(F)c(OCCOC(=O)Nc5ccnnc5)nc4s3)cc(C)cc2n1. The number of fused-ring (bicyclic) bond motifs is 2. The molecule has 5 rings (SSSR count). The molecule has 0 unspecified atom stereocenters. The number of aromatic nitrogens is 6. The van der Waals surface area contributed by atoms with Gasteiger partial charge < -0.3 is 14.2 Å². The summed E-state index contributed by atoms with van der Waals surface area (Å²) in [5.41, 5.74) is 3.85. The smallest absolute Gasteiger partial charge is 0.411 e. The molecule has 1 N–H and O–H groups in total. The van der Waals surface area contributed by atoms with E-state index in [1.165, 1.54) is 43.1 Å². The third kappa shape index (κ3) is 4.95. The maximum atomic E-state index is 14.6. The third-order valence-electron chi connectivity index (χ3n) is 4.90. The molecule has 182 valence electrons. The molecule has 0 aliphatic rings. The summed E-state index contributed by atoms with van der Waals surface area (Å²) in [6, 6.07) is 6.67. The molecule has 4 heterocycles. The fourth-order valence-electron chi connectivity index (χ4n) is 3.34. The average Bonchev–Trinajstić information content (AvgIpc) is 3.28. The Morgan fingerprint density at radius 1 is 1.08 bits per heavy atom. The van der Waals surface area contributed by atoms with Crippen molar-refractivity contribution in [1.29, 1.82) is 0 Å². The van der Waals surface area contributed by atoms with Crippen LogP contribution in [0.15, 0.2) is 42.9 Å². The molecular weight excluding hydrogens is 489 g/mol. The molecule has 0 spiro atoms. The van der Waals surface area contributed by atoms with E-state index in [9.17, 15) is 9.18 Å². The lowest BCUT2D eigenvalue weighted by Crippen LogP contribution is -2.18. The van der Waals surface area contributed by atoms with Crippen LogP contribution in [0.25, 0.3) is 32.0 Å². The van der Waals surface area contributed by atoms with Crippen LogP contribution in [0.1, 0.15) is 5.56 Å². The van der Waals surface area contributed by atoms with Crippen molar-refractivity contribution < 1.29 is 23.4 Å². The molecule has 0 radical (unpaired) electrons. The summed E-state index contributed by atoms with van der Waals surface area (Å²) in [6.45, 7) is 1.73. The number of benzene rings is 1. The summed E-state index contributed by atoms with van der Waals surface area (Å²) in [7, 11) is 1.53. The van der Waals surface area contributed by atoms with Gasteiger partial charge in [-0.25, -0.2) is 24.1 Å². The minimum atomic E-state index is -0.700. The highest BCUT2D eigenvalue weighted by Gasteiger charge is 2.17. The number of anilines is 1. The Morgan fingerprint density at radius 3 is 2.78 bits per heavy atom. The van der Waals surface area contributed by atoms with Gasteiger partial charge in [0, 0.05) is 11.6 Å². The van der Waals surface area contributed by atoms with Gasteiger partial charge >= 0.3 is 6.09 Å². The number of nitrogens with zero attached hydrogens (tertiary/aromatic N) is 6. The lowest BCUT2D eigenvalue weighted by molar-refractivity contribution is 0.135. The first kappa shape index (κ1) is 23.2. The van der Waals surface area contributed by atoms with Gasteiger partial charge in [0.2, 0.25) is 5.88 Å². The number of aryl methyl sites for hydroxylation is 1. The van der Waals surface area contributed by atoms with Crippen LogP contribution in [0.5, 0.6) is 11.8 Å². The van der Waals surface area contributed by atoms with Crippen molar-refractivity contribution in [3.05, 3.63) is 54.2 Å². The van der Waals surface area contributed by atoms with Crippen LogP contribution < -0.4 is 14.8 Å². The molecule has 36 heavy (non-hydrogen) atoms. The second kappa shape index (κ2) is 10.00. The van der Waals surface area contributed by atoms with Crippen LogP contribution in [-0.2, 0) is 4.74 Å². The third-order valence-corrected chi connectivity index (χ3v) is 5.90. The zero-order chi connectivity index (χ0) is 25.1. The number of halogens is 1. The van der Waals surface area contributed by atoms with Gasteiger partial charge in [0.1, 0.15) is 28.6 Å². The molecule has 0 saturated carbocycles. The van der Waals surface area contributed by atoms with Crippen LogP contribution in [0, 0.1) is 12.7 Å². The number of carbonyl (C=O) groups excluding carboxylic acids is 1. The number of thiazole rings is 1. The van der Waals surface area contributed by atoms with Gasteiger partial charge in [-0.1, -0.05) is 11.3 Å². The minimum absolute atomic E-state index is 0.0942. The van der Waals surface area contributed by atoms with Crippen LogP contribution in [0.2, 0.25) is 0 Å². The fraction of sp³-hybridized carbons (Fsp3) is 0.174. The number of nitrogens with one attached hydrogen (secondary N) is 1. The highest BCUT2D eigenvalue weighted by Crippen LogP contribution is 2.35. The van der Waals surface area contributed by atoms with Gasteiger partial charge in [-0.15, -0.1) is 0 Å². The summed E-state index contributed by atoms with van der Waals surface area (Å²) in [5, 5.41) is 10.4. The number of hydrogen-bond donors (Lipinski definition) is 1. The largest absolute Gasteiger partial charge is 0.480 e. The number of carbonyl (C=O) groups is 1. The van der Waals surface area contributed by atoms with E-state index in [-0.39, 0.29) is 19.1 Å². The van der Waals surface area contributed by atoms with Gasteiger partial charge in [-0.05, 0) is 30.7 Å². The van der Waals surface area contributed by atoms with Crippen LogP contribution >= 0.6 is 11.3 Å². The van der Waals surface area contributed by atoms with Gasteiger partial charge in [0.25, 0.3) is 5.88 Å². The van der Waals surface area contributed by atoms with E-state index < -0.39 is 11.9 Å². The lowest BCUT2D eigenvalue weighted by atomic mass is 10.1. The van der Waals surface area contributed by atoms with E-state index in [0.717, 1.165) is 11.1 Å². The Balaban J connectivity index is 1.31. The van der Waals surface area contributed by atoms with E-state index in [1.807, 2.05) is 19.1 Å². The van der Waals surface area contributed by atoms with Crippen molar-refractivity contribution >= 4 is 44.5 Å². The Kier molecular flexibility index (Phi) is 6.45. The monoisotopic (exact) mass is 507 g/mol. The summed E-state index contributed by atoms with van der Waals surface area (Å²) >= 11 is 1.28. The van der Waals surface area contributed by atoms with E-state index in [0.29, 0.717) is 38.0 Å². The second-order valence-corrected chi connectivity index (χ2v) is 8.43. The van der Waals surface area contributed by atoms with Gasteiger partial charge in [0.05, 0.1) is 42.4 Å². The molecule has 0 bridgehead atoms. The second-order valence-electron chi connectivity index (χ2n) is 7.45. The average molecular weight is 508 g/mol. The highest BCUT2D eigenvalue weighted by atomic mass is 32.1. The molecule has 0 saturated heterocycles. The summed E-state index contributed by atoms with van der Waals surface area (Å²) in [4.78, 5) is 30.0. The number of pyridine rings is 1. The first-order valence-corrected chi connectivity index (χ1v) is 11.4. The number of ether oxygens (including phenoxy) is 3. The molecule has 0 fully saturated rings. The number of methoxy groups -OCH3 is 1. The van der Waals surface area contributed by atoms with Crippen molar-refractivity contribution in [3.63, 3.8) is 0 Å². The van der Waals surface area contributed by atoms with Crippen molar-refractivity contribution in [1.82, 2.24) is 30.1 Å². The zero-order valence-corrected chi connectivity index (χ0v) is 19.9. The Labute approximate surface area is 207 Å². The highest BCUT2D eigenvalue weighted by molar-refractivity contribution is 7.21. The quantitative estimate of drug-likeness (QED) is 0.320. The normalized spacial score (nSPS) is 11.0. The standard InChI is InChI=1S/C23H18FN7O4S/c1-12-7-14(19-16(8-12)29-18(33-2)11-25-19)21-30-17-9-15(24)20(31-22(17)36-21)34-5-6-35-23(32)28-13-3-4-26-27-10-13/h3-4,7-11H,5-6H2,1-2H3,(H,26,28,32). The molecule has 11 nitrogen and oxygen atoms in total. The molecule has 4 aromatic heterocycles. The van der Waals surface area contributed by atoms with Crippen molar-refractivity contribution in [2.45, 2.75) is 6.92 Å². The Bertz CT molecular complexity index is 1570. The summed E-state index contributed by atoms with van der Waals surface area (Å²) in [6.07, 6.45) is 3.64. The van der Waals surface area contributed by atoms with Gasteiger partial charge in [-0.3, -0.25) is 5.32 Å². The van der Waals surface area contributed by atoms with Crippen LogP contribution in [0.4, 0.5) is 14.9 Å². The Morgan fingerprint density at radius 2 is 1.97 bits per heavy atom. The zero-order valence-electron chi connectivity index (χ0n) is 19.1. The molecule has 0 aliphatic carbocycles. The molecule has 1 aromatic carbocycles. The first-order valence-electron chi connectivity index (χ1n) is 10.6. The molecule has 0 aliphatic heterocycles. The van der Waals surface area contributed by atoms with E-state index in [1.54, 1.807) is 6.07 Å². The van der Waals surface area contributed by atoms with Crippen molar-refractivity contribution in [2.24, 2.45) is 0 Å². The maximum Gasteiger partial charge on any atom is 0.411 e. The van der Waals surface area contributed by atoms with Gasteiger partial charge in [0.15, 0.2) is 5.82 Å². The molecule has 1 amide bonds. The Hall–Kier alpha value is -4.52. The fourth-order valence-corrected chi connectivity index (χ4v) is 4.27. The van der Waals surface area contributed by atoms with Crippen molar-refractivity contribution in [3.8, 4) is 22.3 Å². The summed E-state index contributed by atoms with van der Waals surface area (Å²) in [5.74, 6) is -0.478.